The summed E-state index contributed by atoms with van der Waals surface area (Å²) in [6.07, 6.45) is 0.932. The highest BCUT2D eigenvalue weighted by atomic mass is 16.7. The van der Waals surface area contributed by atoms with E-state index in [1.54, 1.807) is 18.2 Å². The third-order valence-electron chi connectivity index (χ3n) is 4.81. The number of benzene rings is 2. The summed E-state index contributed by atoms with van der Waals surface area (Å²) in [5.74, 6) is 2.29. The lowest BCUT2D eigenvalue weighted by Crippen LogP contribution is -2.36. The molecule has 1 atom stereocenters. The maximum absolute atomic E-state index is 12.3. The second kappa shape index (κ2) is 7.36. The van der Waals surface area contributed by atoms with Crippen molar-refractivity contribution in [1.29, 1.82) is 0 Å². The van der Waals surface area contributed by atoms with E-state index < -0.39 is 0 Å². The van der Waals surface area contributed by atoms with Crippen molar-refractivity contribution in [2.75, 3.05) is 39.4 Å². The van der Waals surface area contributed by atoms with E-state index in [4.69, 9.17) is 14.2 Å². The van der Waals surface area contributed by atoms with E-state index in [-0.39, 0.29) is 18.9 Å². The van der Waals surface area contributed by atoms with Crippen LogP contribution in [0.5, 0.6) is 17.2 Å². The van der Waals surface area contributed by atoms with Crippen molar-refractivity contribution in [2.45, 2.75) is 12.5 Å². The van der Waals surface area contributed by atoms with E-state index in [0.29, 0.717) is 23.7 Å². The Labute approximate surface area is 158 Å². The van der Waals surface area contributed by atoms with Crippen LogP contribution in [0.4, 0.5) is 10.5 Å². The largest absolute Gasteiger partial charge is 0.493 e. The van der Waals surface area contributed by atoms with E-state index in [1.807, 2.05) is 20.2 Å². The molecule has 2 aliphatic rings. The van der Waals surface area contributed by atoms with Gasteiger partial charge in [0.05, 0.1) is 12.6 Å². The van der Waals surface area contributed by atoms with E-state index in [2.05, 4.69) is 27.7 Å². The second-order valence-corrected chi connectivity index (χ2v) is 6.85. The number of carbonyl (C=O) groups excluding carboxylic acids is 1. The molecule has 142 valence electrons. The Morgan fingerprint density at radius 1 is 1.07 bits per heavy atom. The average molecular weight is 369 g/mol. The maximum atomic E-state index is 12.3. The SMILES string of the molecule is CN(C)C(CNC(=O)Nc1ccc2c(c1)OCO2)c1ccc2c(c1)CCO2. The number of hydrogen-bond acceptors (Lipinski definition) is 5. The molecule has 2 aromatic carbocycles. The monoisotopic (exact) mass is 369 g/mol. The number of fused-ring (bicyclic) bond motifs is 2. The molecule has 0 bridgehead atoms. The maximum Gasteiger partial charge on any atom is 0.319 e. The van der Waals surface area contributed by atoms with Crippen molar-refractivity contribution < 1.29 is 19.0 Å². The summed E-state index contributed by atoms with van der Waals surface area (Å²) in [7, 11) is 4.01. The minimum Gasteiger partial charge on any atom is -0.493 e. The molecule has 2 amide bonds. The molecule has 4 rings (SSSR count). The van der Waals surface area contributed by atoms with Crippen molar-refractivity contribution in [3.63, 3.8) is 0 Å². The fourth-order valence-corrected chi connectivity index (χ4v) is 3.35. The third-order valence-corrected chi connectivity index (χ3v) is 4.81. The van der Waals surface area contributed by atoms with Gasteiger partial charge in [-0.25, -0.2) is 4.79 Å². The first kappa shape index (κ1) is 17.5. The number of hydrogen-bond donors (Lipinski definition) is 2. The molecule has 0 aromatic heterocycles. The molecule has 0 fully saturated rings. The second-order valence-electron chi connectivity index (χ2n) is 6.85. The average Bonchev–Trinajstić information content (AvgIpc) is 3.29. The molecule has 2 aromatic rings. The fourth-order valence-electron chi connectivity index (χ4n) is 3.35. The van der Waals surface area contributed by atoms with E-state index in [9.17, 15) is 4.79 Å². The summed E-state index contributed by atoms with van der Waals surface area (Å²) in [6, 6.07) is 11.4. The molecule has 1 unspecified atom stereocenters. The number of rotatable bonds is 5. The third kappa shape index (κ3) is 3.78. The summed E-state index contributed by atoms with van der Waals surface area (Å²) < 4.78 is 16.2. The summed E-state index contributed by atoms with van der Waals surface area (Å²) in [5, 5.41) is 5.79. The van der Waals surface area contributed by atoms with Gasteiger partial charge in [0.25, 0.3) is 0 Å². The van der Waals surface area contributed by atoms with Gasteiger partial charge in [-0.15, -0.1) is 0 Å². The van der Waals surface area contributed by atoms with Crippen LogP contribution < -0.4 is 24.8 Å². The van der Waals surface area contributed by atoms with Crippen LogP contribution in [-0.2, 0) is 6.42 Å². The zero-order chi connectivity index (χ0) is 18.8. The first-order chi connectivity index (χ1) is 13.1. The van der Waals surface area contributed by atoms with Crippen molar-refractivity contribution in [1.82, 2.24) is 10.2 Å². The number of nitrogens with zero attached hydrogens (tertiary/aromatic N) is 1. The van der Waals surface area contributed by atoms with Gasteiger partial charge in [0.2, 0.25) is 6.79 Å². The van der Waals surface area contributed by atoms with Crippen LogP contribution in [0.25, 0.3) is 0 Å². The van der Waals surface area contributed by atoms with Gasteiger partial charge in [-0.2, -0.15) is 0 Å². The zero-order valence-electron chi connectivity index (χ0n) is 15.5. The predicted molar refractivity (Wildman–Crippen MR) is 102 cm³/mol. The van der Waals surface area contributed by atoms with Crippen molar-refractivity contribution >= 4 is 11.7 Å². The summed E-state index contributed by atoms with van der Waals surface area (Å²) in [4.78, 5) is 14.4. The standard InChI is InChI=1S/C20H23N3O4/c1-23(2)16(13-3-5-17-14(9-13)7-8-25-17)11-21-20(24)22-15-4-6-18-19(10-15)27-12-26-18/h3-6,9-10,16H,7-8,11-12H2,1-2H3,(H2,21,22,24). The summed E-state index contributed by atoms with van der Waals surface area (Å²) in [6.45, 7) is 1.44. The minimum absolute atomic E-state index is 0.0680. The molecule has 7 heteroatoms. The van der Waals surface area contributed by atoms with E-state index in [0.717, 1.165) is 24.3 Å². The van der Waals surface area contributed by atoms with Gasteiger partial charge in [0.1, 0.15) is 5.75 Å². The lowest BCUT2D eigenvalue weighted by atomic mass is 10.0. The molecule has 2 aliphatic heterocycles. The van der Waals surface area contributed by atoms with Crippen molar-refractivity contribution in [3.8, 4) is 17.2 Å². The molecular formula is C20H23N3O4. The van der Waals surface area contributed by atoms with Crippen LogP contribution in [0.1, 0.15) is 17.2 Å². The molecular weight excluding hydrogens is 346 g/mol. The van der Waals surface area contributed by atoms with Gasteiger partial charge in [0, 0.05) is 24.7 Å². The molecule has 0 aliphatic carbocycles. The first-order valence-electron chi connectivity index (χ1n) is 8.97. The topological polar surface area (TPSA) is 72.1 Å². The van der Waals surface area contributed by atoms with Gasteiger partial charge in [-0.1, -0.05) is 12.1 Å². The van der Waals surface area contributed by atoms with Crippen molar-refractivity contribution in [2.24, 2.45) is 0 Å². The number of nitrogens with one attached hydrogen (secondary N) is 2. The number of ether oxygens (including phenoxy) is 3. The Balaban J connectivity index is 1.38. The number of anilines is 1. The van der Waals surface area contributed by atoms with Gasteiger partial charge < -0.3 is 29.7 Å². The number of urea groups is 1. The van der Waals surface area contributed by atoms with Crippen LogP contribution in [0, 0.1) is 0 Å². The molecule has 2 N–H and O–H groups in total. The van der Waals surface area contributed by atoms with Gasteiger partial charge in [0.15, 0.2) is 11.5 Å². The Bertz CT molecular complexity index is 853. The van der Waals surface area contributed by atoms with Crippen LogP contribution in [0.15, 0.2) is 36.4 Å². The van der Waals surface area contributed by atoms with Gasteiger partial charge in [-0.3, -0.25) is 0 Å². The Kier molecular flexibility index (Phi) is 4.77. The summed E-state index contributed by atoms with van der Waals surface area (Å²) >= 11 is 0. The van der Waals surface area contributed by atoms with Gasteiger partial charge >= 0.3 is 6.03 Å². The molecule has 0 radical (unpaired) electrons. The zero-order valence-corrected chi connectivity index (χ0v) is 15.5. The first-order valence-corrected chi connectivity index (χ1v) is 8.97. The lowest BCUT2D eigenvalue weighted by Gasteiger charge is -2.25. The van der Waals surface area contributed by atoms with Crippen LogP contribution >= 0.6 is 0 Å². The summed E-state index contributed by atoms with van der Waals surface area (Å²) in [5.41, 5.74) is 3.05. The number of carbonyl (C=O) groups is 1. The smallest absolute Gasteiger partial charge is 0.319 e. The van der Waals surface area contributed by atoms with Crippen LogP contribution in [0.3, 0.4) is 0 Å². The quantitative estimate of drug-likeness (QED) is 0.848. The molecule has 27 heavy (non-hydrogen) atoms. The van der Waals surface area contributed by atoms with Crippen LogP contribution in [-0.4, -0.2) is 45.0 Å². The molecule has 7 nitrogen and oxygen atoms in total. The number of likely N-dealkylation sites (N-methyl/N-ethyl adjacent to an activating group) is 1. The van der Waals surface area contributed by atoms with Gasteiger partial charge in [-0.05, 0) is 43.4 Å². The Hall–Kier alpha value is -2.93. The number of amides is 2. The van der Waals surface area contributed by atoms with E-state index in [1.165, 1.54) is 5.56 Å². The highest BCUT2D eigenvalue weighted by molar-refractivity contribution is 5.89. The highest BCUT2D eigenvalue weighted by Gasteiger charge is 2.20. The minimum atomic E-state index is -0.259. The molecule has 2 heterocycles. The molecule has 0 spiro atoms. The predicted octanol–water partition coefficient (Wildman–Crippen LogP) is 2.77. The molecule has 0 saturated heterocycles. The molecule has 0 saturated carbocycles. The Morgan fingerprint density at radius 3 is 2.74 bits per heavy atom. The van der Waals surface area contributed by atoms with Crippen molar-refractivity contribution in [3.05, 3.63) is 47.5 Å². The highest BCUT2D eigenvalue weighted by Crippen LogP contribution is 2.34. The fraction of sp³-hybridized carbons (Fsp3) is 0.350. The van der Waals surface area contributed by atoms with Crippen LogP contribution in [0.2, 0.25) is 0 Å². The van der Waals surface area contributed by atoms with E-state index >= 15 is 0 Å². The normalized spacial score (nSPS) is 15.2. The Morgan fingerprint density at radius 2 is 1.89 bits per heavy atom. The lowest BCUT2D eigenvalue weighted by molar-refractivity contribution is 0.174.